The lowest BCUT2D eigenvalue weighted by molar-refractivity contribution is -0.115. The molecule has 1 heterocycles. The van der Waals surface area contributed by atoms with Gasteiger partial charge in [0.05, 0.1) is 22.0 Å². The molecule has 1 amide bonds. The Morgan fingerprint density at radius 2 is 1.69 bits per heavy atom. The van der Waals surface area contributed by atoms with Gasteiger partial charge >= 0.3 is 0 Å². The second-order valence-corrected chi connectivity index (χ2v) is 8.22. The fourth-order valence-corrected chi connectivity index (χ4v) is 3.82. The highest BCUT2D eigenvalue weighted by atomic mass is 32.2. The van der Waals surface area contributed by atoms with Crippen LogP contribution < -0.4 is 5.32 Å². The van der Waals surface area contributed by atoms with Crippen molar-refractivity contribution in [1.82, 2.24) is 5.32 Å². The van der Waals surface area contributed by atoms with Gasteiger partial charge in [-0.05, 0) is 84.8 Å². The number of hydrogen-bond acceptors (Lipinski definition) is 7. The van der Waals surface area contributed by atoms with Crippen molar-refractivity contribution < 1.29 is 15.0 Å². The Hall–Kier alpha value is -3.91. The summed E-state index contributed by atoms with van der Waals surface area (Å²) in [6, 6.07) is 17.7. The number of carbonyl (C=O) groups is 1. The maximum Gasteiger partial charge on any atom is 0.264 e. The summed E-state index contributed by atoms with van der Waals surface area (Å²) in [5.41, 5.74) is 4.79. The average Bonchev–Trinajstić information content (AvgIpc) is 3.10. The van der Waals surface area contributed by atoms with Gasteiger partial charge in [0.1, 0.15) is 0 Å². The van der Waals surface area contributed by atoms with Gasteiger partial charge < -0.3 is 15.5 Å². The van der Waals surface area contributed by atoms with Crippen LogP contribution in [-0.4, -0.2) is 21.3 Å². The maximum absolute atomic E-state index is 12.3. The van der Waals surface area contributed by atoms with E-state index in [1.807, 2.05) is 56.3 Å². The van der Waals surface area contributed by atoms with Gasteiger partial charge in [-0.2, -0.15) is 10.2 Å². The van der Waals surface area contributed by atoms with Gasteiger partial charge in [0.25, 0.3) is 5.91 Å². The van der Waals surface area contributed by atoms with E-state index < -0.39 is 0 Å². The van der Waals surface area contributed by atoms with Gasteiger partial charge in [-0.3, -0.25) is 4.79 Å². The first-order valence-electron chi connectivity index (χ1n) is 9.78. The molecule has 8 heteroatoms. The van der Waals surface area contributed by atoms with E-state index in [-0.39, 0.29) is 17.4 Å². The van der Waals surface area contributed by atoms with Crippen molar-refractivity contribution in [3.8, 4) is 11.5 Å². The van der Waals surface area contributed by atoms with Crippen LogP contribution >= 0.6 is 11.8 Å². The molecule has 0 aromatic heterocycles. The summed E-state index contributed by atoms with van der Waals surface area (Å²) >= 11 is 1.20. The zero-order valence-corrected chi connectivity index (χ0v) is 18.2. The number of aromatic hydroxyl groups is 2. The quantitative estimate of drug-likeness (QED) is 0.260. The molecule has 0 saturated carbocycles. The van der Waals surface area contributed by atoms with E-state index >= 15 is 0 Å². The zero-order chi connectivity index (χ0) is 22.7. The van der Waals surface area contributed by atoms with Crippen LogP contribution in [0.15, 0.2) is 80.8 Å². The molecule has 32 heavy (non-hydrogen) atoms. The zero-order valence-electron chi connectivity index (χ0n) is 17.4. The van der Waals surface area contributed by atoms with Crippen LogP contribution in [0.2, 0.25) is 0 Å². The number of nitrogens with zero attached hydrogens (tertiary/aromatic N) is 3. The lowest BCUT2D eigenvalue weighted by Gasteiger charge is -2.03. The van der Waals surface area contributed by atoms with E-state index in [9.17, 15) is 15.0 Å². The van der Waals surface area contributed by atoms with E-state index in [0.29, 0.717) is 27.0 Å². The first-order chi connectivity index (χ1) is 15.4. The van der Waals surface area contributed by atoms with Crippen LogP contribution in [0, 0.1) is 13.8 Å². The molecule has 7 nitrogen and oxygen atoms in total. The number of amides is 1. The number of rotatable bonds is 4. The summed E-state index contributed by atoms with van der Waals surface area (Å²) in [7, 11) is 0. The number of azo groups is 1. The highest BCUT2D eigenvalue weighted by Gasteiger charge is 2.24. The Labute approximate surface area is 189 Å². The Kier molecular flexibility index (Phi) is 6.04. The Balaban J connectivity index is 1.51. The number of amidine groups is 1. The maximum atomic E-state index is 12.3. The van der Waals surface area contributed by atoms with Crippen LogP contribution in [0.4, 0.5) is 17.1 Å². The van der Waals surface area contributed by atoms with Gasteiger partial charge in [0, 0.05) is 0 Å². The van der Waals surface area contributed by atoms with Gasteiger partial charge in [0.2, 0.25) is 0 Å². The molecule has 3 aromatic rings. The average molecular weight is 445 g/mol. The number of phenolic OH excluding ortho intramolecular Hbond substituents is 2. The molecule has 1 saturated heterocycles. The number of phenols is 2. The third-order valence-corrected chi connectivity index (χ3v) is 5.65. The fourth-order valence-electron chi connectivity index (χ4n) is 2.99. The molecule has 0 atom stereocenters. The molecule has 4 rings (SSSR count). The van der Waals surface area contributed by atoms with Crippen molar-refractivity contribution in [1.29, 1.82) is 0 Å². The monoisotopic (exact) mass is 444 g/mol. The predicted octanol–water partition coefficient (Wildman–Crippen LogP) is 6.02. The van der Waals surface area contributed by atoms with E-state index in [1.165, 1.54) is 23.9 Å². The minimum absolute atomic E-state index is 0.213. The Bertz CT molecular complexity index is 1300. The summed E-state index contributed by atoms with van der Waals surface area (Å²) in [6.07, 6.45) is 1.63. The van der Waals surface area contributed by atoms with Gasteiger partial charge in [-0.1, -0.05) is 24.3 Å². The highest BCUT2D eigenvalue weighted by molar-refractivity contribution is 8.18. The van der Waals surface area contributed by atoms with Crippen molar-refractivity contribution in [2.75, 3.05) is 0 Å². The van der Waals surface area contributed by atoms with Crippen LogP contribution in [0.5, 0.6) is 11.5 Å². The van der Waals surface area contributed by atoms with Crippen LogP contribution in [0.1, 0.15) is 16.7 Å². The van der Waals surface area contributed by atoms with Crippen LogP contribution in [0.3, 0.4) is 0 Å². The van der Waals surface area contributed by atoms with E-state index in [4.69, 9.17) is 0 Å². The number of nitrogens with one attached hydrogen (secondary N) is 1. The second kappa shape index (κ2) is 9.07. The fraction of sp³-hybridized carbons (Fsp3) is 0.0833. The normalized spacial score (nSPS) is 16.2. The van der Waals surface area contributed by atoms with Gasteiger partial charge in [-0.25, -0.2) is 4.99 Å². The van der Waals surface area contributed by atoms with Crippen molar-refractivity contribution >= 4 is 46.0 Å². The number of benzene rings is 3. The molecule has 0 unspecified atom stereocenters. The molecule has 0 aliphatic carbocycles. The molecule has 160 valence electrons. The standard InChI is InChI=1S/C24H20N4O3S/c1-14-5-3-4-6-19(14)28-27-17-8-9-18(15(2)11-17)25-24-26-23(31)22(32-24)13-16-7-10-20(29)21(30)12-16/h3-13,29-30H,1-2H3,(H,25,26,31)/b22-13-,28-27?. The van der Waals surface area contributed by atoms with E-state index in [1.54, 1.807) is 12.1 Å². The summed E-state index contributed by atoms with van der Waals surface area (Å²) in [4.78, 5) is 17.3. The third-order valence-electron chi connectivity index (χ3n) is 4.74. The molecule has 0 radical (unpaired) electrons. The number of hydrogen-bond donors (Lipinski definition) is 3. The second-order valence-electron chi connectivity index (χ2n) is 7.19. The summed E-state index contributed by atoms with van der Waals surface area (Å²) in [5, 5.41) is 30.9. The molecule has 1 fully saturated rings. The first kappa shape index (κ1) is 21.3. The highest BCUT2D eigenvalue weighted by Crippen LogP contribution is 2.32. The minimum atomic E-state index is -0.275. The lowest BCUT2D eigenvalue weighted by Crippen LogP contribution is -2.19. The molecule has 0 spiro atoms. The minimum Gasteiger partial charge on any atom is -0.504 e. The van der Waals surface area contributed by atoms with Gasteiger partial charge in [0.15, 0.2) is 16.7 Å². The molecule has 1 aliphatic rings. The first-order valence-corrected chi connectivity index (χ1v) is 10.6. The summed E-state index contributed by atoms with van der Waals surface area (Å²) in [6.45, 7) is 3.91. The Morgan fingerprint density at radius 1 is 0.875 bits per heavy atom. The topological polar surface area (TPSA) is 107 Å². The molecular formula is C24H20N4O3S. The number of carbonyl (C=O) groups excluding carboxylic acids is 1. The van der Waals surface area contributed by atoms with Crippen LogP contribution in [0.25, 0.3) is 6.08 Å². The summed E-state index contributed by atoms with van der Waals surface area (Å²) in [5.74, 6) is -0.732. The van der Waals surface area contributed by atoms with E-state index in [2.05, 4.69) is 20.5 Å². The molecule has 3 N–H and O–H groups in total. The number of aliphatic imine (C=N–C) groups is 1. The van der Waals surface area contributed by atoms with Crippen LogP contribution in [-0.2, 0) is 4.79 Å². The van der Waals surface area contributed by atoms with Gasteiger partial charge in [-0.15, -0.1) is 0 Å². The van der Waals surface area contributed by atoms with Crippen molar-refractivity contribution in [2.45, 2.75) is 13.8 Å². The molecule has 0 bridgehead atoms. The predicted molar refractivity (Wildman–Crippen MR) is 127 cm³/mol. The van der Waals surface area contributed by atoms with E-state index in [0.717, 1.165) is 16.8 Å². The molecular weight excluding hydrogens is 424 g/mol. The smallest absolute Gasteiger partial charge is 0.264 e. The number of thioether (sulfide) groups is 1. The third kappa shape index (κ3) is 4.87. The number of aryl methyl sites for hydroxylation is 2. The van der Waals surface area contributed by atoms with Crippen molar-refractivity contribution in [2.24, 2.45) is 15.2 Å². The Morgan fingerprint density at radius 3 is 2.44 bits per heavy atom. The molecule has 3 aromatic carbocycles. The van der Waals surface area contributed by atoms with Crippen molar-refractivity contribution in [3.63, 3.8) is 0 Å². The van der Waals surface area contributed by atoms with Crippen molar-refractivity contribution in [3.05, 3.63) is 82.3 Å². The SMILES string of the molecule is Cc1ccccc1N=Nc1ccc(N=C2NC(=O)/C(=C/c3ccc(O)c(O)c3)S2)c(C)c1. The largest absolute Gasteiger partial charge is 0.504 e. The lowest BCUT2D eigenvalue weighted by atomic mass is 10.2. The molecule has 1 aliphatic heterocycles. The summed E-state index contributed by atoms with van der Waals surface area (Å²) < 4.78 is 0.